The summed E-state index contributed by atoms with van der Waals surface area (Å²) in [7, 11) is -3.63. The monoisotopic (exact) mass is 340 g/mol. The van der Waals surface area contributed by atoms with Crippen molar-refractivity contribution in [3.8, 4) is 0 Å². The second-order valence-corrected chi connectivity index (χ2v) is 6.77. The van der Waals surface area contributed by atoms with E-state index in [1.54, 1.807) is 25.3 Å². The molecule has 22 heavy (non-hydrogen) atoms. The minimum absolute atomic E-state index is 0.0307. The average molecular weight is 341 g/mol. The molecule has 2 heterocycles. The zero-order chi connectivity index (χ0) is 16.2. The van der Waals surface area contributed by atoms with Crippen molar-refractivity contribution in [2.24, 2.45) is 0 Å². The molecular formula is C13H13ClN4O3S. The number of hydrogen-bond donors (Lipinski definition) is 1. The van der Waals surface area contributed by atoms with E-state index in [2.05, 4.69) is 20.3 Å². The van der Waals surface area contributed by atoms with Crippen LogP contribution in [0.2, 0.25) is 5.02 Å². The molecule has 2 rings (SSSR count). The lowest BCUT2D eigenvalue weighted by Gasteiger charge is -2.07. The van der Waals surface area contributed by atoms with E-state index in [0.29, 0.717) is 12.1 Å². The molecule has 0 atom stereocenters. The summed E-state index contributed by atoms with van der Waals surface area (Å²) in [6.07, 6.45) is 4.53. The molecule has 0 aromatic carbocycles. The summed E-state index contributed by atoms with van der Waals surface area (Å²) in [6, 6.07) is 3.28. The number of anilines is 1. The first-order valence-electron chi connectivity index (χ1n) is 6.40. The van der Waals surface area contributed by atoms with Crippen LogP contribution in [0.25, 0.3) is 0 Å². The number of nitrogens with zero attached hydrogens (tertiary/aromatic N) is 3. The van der Waals surface area contributed by atoms with E-state index in [1.165, 1.54) is 6.20 Å². The van der Waals surface area contributed by atoms with Crippen molar-refractivity contribution in [3.63, 3.8) is 0 Å². The van der Waals surface area contributed by atoms with Gasteiger partial charge in [0.1, 0.15) is 0 Å². The molecule has 0 saturated heterocycles. The standard InChI is InChI=1S/C13H13ClN4O3S/c1-2-6-22(20,21)13-16-8-10(14)11(18-13)12(19)17-9-4-3-5-15-7-9/h3-5,7-8H,2,6H2,1H3,(H,17,19). The zero-order valence-corrected chi connectivity index (χ0v) is 13.2. The molecule has 2 aromatic rings. The Kier molecular flexibility index (Phi) is 5.04. The van der Waals surface area contributed by atoms with Gasteiger partial charge in [-0.05, 0) is 18.6 Å². The van der Waals surface area contributed by atoms with Crippen molar-refractivity contribution in [2.45, 2.75) is 18.5 Å². The Morgan fingerprint density at radius 3 is 2.77 bits per heavy atom. The van der Waals surface area contributed by atoms with Gasteiger partial charge in [0.15, 0.2) is 5.69 Å². The molecule has 0 aliphatic heterocycles. The second kappa shape index (κ2) is 6.80. The van der Waals surface area contributed by atoms with E-state index in [4.69, 9.17) is 11.6 Å². The van der Waals surface area contributed by atoms with Crippen LogP contribution in [-0.4, -0.2) is 35.0 Å². The van der Waals surface area contributed by atoms with Crippen molar-refractivity contribution in [1.29, 1.82) is 0 Å². The quantitative estimate of drug-likeness (QED) is 0.835. The molecule has 0 radical (unpaired) electrons. The fraction of sp³-hybridized carbons (Fsp3) is 0.231. The predicted octanol–water partition coefficient (Wildman–Crippen LogP) is 1.96. The van der Waals surface area contributed by atoms with Crippen molar-refractivity contribution in [3.05, 3.63) is 41.4 Å². The molecule has 2 aromatic heterocycles. The Morgan fingerprint density at radius 2 is 2.14 bits per heavy atom. The van der Waals surface area contributed by atoms with E-state index in [-0.39, 0.29) is 16.5 Å². The van der Waals surface area contributed by atoms with Crippen molar-refractivity contribution in [1.82, 2.24) is 15.0 Å². The number of sulfone groups is 1. The molecule has 7 nitrogen and oxygen atoms in total. The Morgan fingerprint density at radius 1 is 1.36 bits per heavy atom. The molecular weight excluding hydrogens is 328 g/mol. The largest absolute Gasteiger partial charge is 0.319 e. The molecule has 9 heteroatoms. The highest BCUT2D eigenvalue weighted by atomic mass is 35.5. The number of pyridine rings is 1. The maximum absolute atomic E-state index is 12.2. The van der Waals surface area contributed by atoms with Gasteiger partial charge in [-0.3, -0.25) is 9.78 Å². The first-order valence-corrected chi connectivity index (χ1v) is 8.43. The molecule has 0 aliphatic rings. The molecule has 0 spiro atoms. The van der Waals surface area contributed by atoms with Crippen LogP contribution in [0.5, 0.6) is 0 Å². The third kappa shape index (κ3) is 3.77. The van der Waals surface area contributed by atoms with Gasteiger partial charge in [-0.25, -0.2) is 18.4 Å². The van der Waals surface area contributed by atoms with Crippen LogP contribution in [0.1, 0.15) is 23.8 Å². The topological polar surface area (TPSA) is 102 Å². The summed E-state index contributed by atoms with van der Waals surface area (Å²) in [5.41, 5.74) is 0.246. The predicted molar refractivity (Wildman–Crippen MR) is 81.6 cm³/mol. The van der Waals surface area contributed by atoms with Crippen molar-refractivity contribution in [2.75, 3.05) is 11.1 Å². The van der Waals surface area contributed by atoms with Gasteiger partial charge in [-0.2, -0.15) is 0 Å². The third-order valence-electron chi connectivity index (χ3n) is 2.61. The van der Waals surface area contributed by atoms with Crippen LogP contribution in [0.4, 0.5) is 5.69 Å². The summed E-state index contributed by atoms with van der Waals surface area (Å²) < 4.78 is 23.9. The molecule has 1 amide bonds. The molecule has 0 bridgehead atoms. The summed E-state index contributed by atoms with van der Waals surface area (Å²) in [5, 5.41) is 2.10. The summed E-state index contributed by atoms with van der Waals surface area (Å²) in [5.74, 6) is -0.730. The van der Waals surface area contributed by atoms with Crippen LogP contribution in [0.15, 0.2) is 35.9 Å². The molecule has 0 aliphatic carbocycles. The number of hydrogen-bond acceptors (Lipinski definition) is 6. The number of amides is 1. The molecule has 0 fully saturated rings. The third-order valence-corrected chi connectivity index (χ3v) is 4.58. The van der Waals surface area contributed by atoms with Crippen molar-refractivity contribution < 1.29 is 13.2 Å². The Bertz CT molecular complexity index is 781. The number of halogens is 1. The smallest absolute Gasteiger partial charge is 0.276 e. The van der Waals surface area contributed by atoms with E-state index in [9.17, 15) is 13.2 Å². The normalized spacial score (nSPS) is 11.2. The minimum atomic E-state index is -3.63. The van der Waals surface area contributed by atoms with Crippen LogP contribution in [-0.2, 0) is 9.84 Å². The summed E-state index contributed by atoms with van der Waals surface area (Å²) in [6.45, 7) is 1.73. The second-order valence-electron chi connectivity index (χ2n) is 4.36. The molecule has 1 N–H and O–H groups in total. The zero-order valence-electron chi connectivity index (χ0n) is 11.7. The highest BCUT2D eigenvalue weighted by molar-refractivity contribution is 7.91. The van der Waals surface area contributed by atoms with Gasteiger partial charge in [-0.15, -0.1) is 0 Å². The van der Waals surface area contributed by atoms with Gasteiger partial charge < -0.3 is 5.32 Å². The summed E-state index contributed by atoms with van der Waals surface area (Å²) in [4.78, 5) is 23.5. The first-order chi connectivity index (χ1) is 10.4. The molecule has 0 saturated carbocycles. The number of nitrogens with one attached hydrogen (secondary N) is 1. The molecule has 0 unspecified atom stereocenters. The Balaban J connectivity index is 2.33. The lowest BCUT2D eigenvalue weighted by atomic mass is 10.3. The highest BCUT2D eigenvalue weighted by Crippen LogP contribution is 2.17. The fourth-order valence-corrected chi connectivity index (χ4v) is 2.99. The summed E-state index contributed by atoms with van der Waals surface area (Å²) >= 11 is 5.89. The van der Waals surface area contributed by atoms with E-state index >= 15 is 0 Å². The van der Waals surface area contributed by atoms with Crippen molar-refractivity contribution >= 4 is 33.0 Å². The lowest BCUT2D eigenvalue weighted by Crippen LogP contribution is -2.18. The van der Waals surface area contributed by atoms with E-state index in [1.807, 2.05) is 0 Å². The van der Waals surface area contributed by atoms with Gasteiger partial charge >= 0.3 is 0 Å². The van der Waals surface area contributed by atoms with Crippen LogP contribution < -0.4 is 5.32 Å². The van der Waals surface area contributed by atoms with Gasteiger partial charge in [0.05, 0.1) is 28.9 Å². The number of rotatable bonds is 5. The van der Waals surface area contributed by atoms with Gasteiger partial charge in [0.2, 0.25) is 15.0 Å². The number of aromatic nitrogens is 3. The Hall–Kier alpha value is -2.06. The number of carbonyl (C=O) groups excluding carboxylic acids is 1. The maximum Gasteiger partial charge on any atom is 0.276 e. The maximum atomic E-state index is 12.2. The average Bonchev–Trinajstić information content (AvgIpc) is 2.48. The Labute approximate surface area is 132 Å². The SMILES string of the molecule is CCCS(=O)(=O)c1ncc(Cl)c(C(=O)Nc2cccnc2)n1. The minimum Gasteiger partial charge on any atom is -0.319 e. The van der Waals surface area contributed by atoms with Gasteiger partial charge in [0.25, 0.3) is 5.91 Å². The highest BCUT2D eigenvalue weighted by Gasteiger charge is 2.21. The molecule has 116 valence electrons. The van der Waals surface area contributed by atoms with Gasteiger partial charge in [-0.1, -0.05) is 18.5 Å². The number of carbonyl (C=O) groups is 1. The fourth-order valence-electron chi connectivity index (χ4n) is 1.65. The van der Waals surface area contributed by atoms with Gasteiger partial charge in [0, 0.05) is 6.20 Å². The van der Waals surface area contributed by atoms with E-state index < -0.39 is 20.9 Å². The van der Waals surface area contributed by atoms with E-state index in [0.717, 1.165) is 6.20 Å². The van der Waals surface area contributed by atoms with Crippen LogP contribution >= 0.6 is 11.6 Å². The van der Waals surface area contributed by atoms with Crippen LogP contribution in [0.3, 0.4) is 0 Å². The lowest BCUT2D eigenvalue weighted by molar-refractivity contribution is 0.102. The first kappa shape index (κ1) is 16.3. The van der Waals surface area contributed by atoms with Crippen LogP contribution in [0, 0.1) is 0 Å².